The van der Waals surface area contributed by atoms with Crippen molar-refractivity contribution < 1.29 is 4.74 Å². The molecule has 0 spiro atoms. The van der Waals surface area contributed by atoms with Crippen molar-refractivity contribution in [3.8, 4) is 5.75 Å². The standard InChI is InChI=1S/C13H19NO.ClH/c1-2-10-15-12-7-5-11(6-8-12)13-4-3-9-14-13;/h5-8,13-14H,2-4,9-10H2,1H3;1H/t13-;/m0./s1. The van der Waals surface area contributed by atoms with Gasteiger partial charge in [-0.1, -0.05) is 19.1 Å². The van der Waals surface area contributed by atoms with E-state index in [0.717, 1.165) is 25.3 Å². The van der Waals surface area contributed by atoms with Gasteiger partial charge < -0.3 is 10.1 Å². The molecule has 2 nitrogen and oxygen atoms in total. The number of halogens is 1. The Morgan fingerprint density at radius 2 is 2.06 bits per heavy atom. The zero-order valence-corrected chi connectivity index (χ0v) is 10.6. The first-order valence-electron chi connectivity index (χ1n) is 5.86. The first-order valence-corrected chi connectivity index (χ1v) is 5.86. The van der Waals surface area contributed by atoms with E-state index >= 15 is 0 Å². The molecule has 1 aromatic rings. The second-order valence-corrected chi connectivity index (χ2v) is 4.07. The summed E-state index contributed by atoms with van der Waals surface area (Å²) in [6, 6.07) is 9.06. The first kappa shape index (κ1) is 13.3. The molecular formula is C13H20ClNO. The number of hydrogen-bond acceptors (Lipinski definition) is 2. The maximum atomic E-state index is 5.55. The van der Waals surface area contributed by atoms with Crippen LogP contribution in [0.2, 0.25) is 0 Å². The molecule has 1 fully saturated rings. The van der Waals surface area contributed by atoms with Gasteiger partial charge in [0.15, 0.2) is 0 Å². The van der Waals surface area contributed by atoms with Crippen molar-refractivity contribution in [2.24, 2.45) is 0 Å². The summed E-state index contributed by atoms with van der Waals surface area (Å²) in [6.45, 7) is 4.08. The van der Waals surface area contributed by atoms with Gasteiger partial charge in [-0.2, -0.15) is 0 Å². The summed E-state index contributed by atoms with van der Waals surface area (Å²) in [4.78, 5) is 0. The van der Waals surface area contributed by atoms with Crippen molar-refractivity contribution in [3.05, 3.63) is 29.8 Å². The molecule has 1 heterocycles. The fraction of sp³-hybridized carbons (Fsp3) is 0.538. The van der Waals surface area contributed by atoms with Crippen LogP contribution >= 0.6 is 12.4 Å². The molecule has 16 heavy (non-hydrogen) atoms. The van der Waals surface area contributed by atoms with E-state index in [1.807, 2.05) is 0 Å². The minimum Gasteiger partial charge on any atom is -0.494 e. The molecular weight excluding hydrogens is 222 g/mol. The Kier molecular flexibility index (Phi) is 5.64. The number of hydrogen-bond donors (Lipinski definition) is 1. The molecule has 0 aliphatic carbocycles. The van der Waals surface area contributed by atoms with E-state index in [1.54, 1.807) is 0 Å². The summed E-state index contributed by atoms with van der Waals surface area (Å²) in [7, 11) is 0. The van der Waals surface area contributed by atoms with Gasteiger partial charge >= 0.3 is 0 Å². The molecule has 0 aromatic heterocycles. The minimum atomic E-state index is 0. The van der Waals surface area contributed by atoms with E-state index in [1.165, 1.54) is 18.4 Å². The van der Waals surface area contributed by atoms with Crippen LogP contribution in [0.3, 0.4) is 0 Å². The largest absolute Gasteiger partial charge is 0.494 e. The van der Waals surface area contributed by atoms with Crippen LogP contribution in [0, 0.1) is 0 Å². The highest BCUT2D eigenvalue weighted by molar-refractivity contribution is 5.85. The van der Waals surface area contributed by atoms with Crippen LogP contribution in [-0.4, -0.2) is 13.2 Å². The highest BCUT2D eigenvalue weighted by Crippen LogP contribution is 2.24. The Hall–Kier alpha value is -0.730. The molecule has 2 rings (SSSR count). The fourth-order valence-corrected chi connectivity index (χ4v) is 1.99. The van der Waals surface area contributed by atoms with Crippen molar-refractivity contribution in [2.45, 2.75) is 32.2 Å². The highest BCUT2D eigenvalue weighted by Gasteiger charge is 2.15. The molecule has 90 valence electrons. The number of rotatable bonds is 4. The zero-order chi connectivity index (χ0) is 10.5. The Balaban J connectivity index is 0.00000128. The number of ether oxygens (including phenoxy) is 1. The van der Waals surface area contributed by atoms with Gasteiger partial charge in [0.1, 0.15) is 5.75 Å². The molecule has 1 aromatic carbocycles. The third-order valence-electron chi connectivity index (χ3n) is 2.82. The van der Waals surface area contributed by atoms with Crippen molar-refractivity contribution >= 4 is 12.4 Å². The average Bonchev–Trinajstić information content (AvgIpc) is 2.80. The van der Waals surface area contributed by atoms with Crippen LogP contribution in [0.15, 0.2) is 24.3 Å². The Bertz CT molecular complexity index is 293. The van der Waals surface area contributed by atoms with Crippen LogP contribution in [0.25, 0.3) is 0 Å². The molecule has 0 radical (unpaired) electrons. The van der Waals surface area contributed by atoms with Gasteiger partial charge in [-0.25, -0.2) is 0 Å². The molecule has 0 amide bonds. The topological polar surface area (TPSA) is 21.3 Å². The Morgan fingerprint density at radius 3 is 2.62 bits per heavy atom. The fourth-order valence-electron chi connectivity index (χ4n) is 1.99. The lowest BCUT2D eigenvalue weighted by Crippen LogP contribution is -2.12. The number of nitrogens with one attached hydrogen (secondary N) is 1. The Morgan fingerprint density at radius 1 is 1.31 bits per heavy atom. The predicted octanol–water partition coefficient (Wildman–Crippen LogP) is 3.32. The molecule has 1 saturated heterocycles. The quantitative estimate of drug-likeness (QED) is 0.873. The monoisotopic (exact) mass is 241 g/mol. The molecule has 0 bridgehead atoms. The van der Waals surface area contributed by atoms with Gasteiger partial charge in [0, 0.05) is 6.04 Å². The number of benzene rings is 1. The maximum Gasteiger partial charge on any atom is 0.119 e. The molecule has 1 atom stereocenters. The van der Waals surface area contributed by atoms with E-state index in [0.29, 0.717) is 6.04 Å². The lowest BCUT2D eigenvalue weighted by molar-refractivity contribution is 0.317. The summed E-state index contributed by atoms with van der Waals surface area (Å²) in [5.41, 5.74) is 1.39. The van der Waals surface area contributed by atoms with Gasteiger partial charge in [-0.05, 0) is 43.5 Å². The summed E-state index contributed by atoms with van der Waals surface area (Å²) in [6.07, 6.45) is 3.61. The maximum absolute atomic E-state index is 5.55. The summed E-state index contributed by atoms with van der Waals surface area (Å²) in [5.74, 6) is 0.985. The lowest BCUT2D eigenvalue weighted by atomic mass is 10.1. The van der Waals surface area contributed by atoms with Gasteiger partial charge in [-0.3, -0.25) is 0 Å². The molecule has 3 heteroatoms. The summed E-state index contributed by atoms with van der Waals surface area (Å²) in [5, 5.41) is 3.49. The highest BCUT2D eigenvalue weighted by atomic mass is 35.5. The lowest BCUT2D eigenvalue weighted by Gasteiger charge is -2.11. The van der Waals surface area contributed by atoms with Crippen molar-refractivity contribution in [1.29, 1.82) is 0 Å². The minimum absolute atomic E-state index is 0. The second-order valence-electron chi connectivity index (χ2n) is 4.07. The molecule has 1 aliphatic heterocycles. The van der Waals surface area contributed by atoms with E-state index in [-0.39, 0.29) is 12.4 Å². The SMILES string of the molecule is CCCOc1ccc([C@@H]2CCCN2)cc1.Cl. The van der Waals surface area contributed by atoms with Gasteiger partial charge in [0.25, 0.3) is 0 Å². The van der Waals surface area contributed by atoms with E-state index < -0.39 is 0 Å². The Labute approximate surface area is 104 Å². The van der Waals surface area contributed by atoms with Gasteiger partial charge in [-0.15, -0.1) is 12.4 Å². The van der Waals surface area contributed by atoms with Gasteiger partial charge in [0.05, 0.1) is 6.61 Å². The summed E-state index contributed by atoms with van der Waals surface area (Å²) >= 11 is 0. The average molecular weight is 242 g/mol. The summed E-state index contributed by atoms with van der Waals surface area (Å²) < 4.78 is 5.55. The second kappa shape index (κ2) is 6.77. The van der Waals surface area contributed by atoms with Crippen LogP contribution in [0.4, 0.5) is 0 Å². The third kappa shape index (κ3) is 3.39. The molecule has 0 saturated carbocycles. The van der Waals surface area contributed by atoms with E-state index in [4.69, 9.17) is 4.74 Å². The van der Waals surface area contributed by atoms with Gasteiger partial charge in [0.2, 0.25) is 0 Å². The molecule has 1 aliphatic rings. The van der Waals surface area contributed by atoms with Crippen LogP contribution < -0.4 is 10.1 Å². The first-order chi connectivity index (χ1) is 7.40. The van der Waals surface area contributed by atoms with E-state index in [2.05, 4.69) is 36.5 Å². The molecule has 1 N–H and O–H groups in total. The zero-order valence-electron chi connectivity index (χ0n) is 9.74. The van der Waals surface area contributed by atoms with Crippen LogP contribution in [-0.2, 0) is 0 Å². The predicted molar refractivity (Wildman–Crippen MR) is 69.5 cm³/mol. The third-order valence-corrected chi connectivity index (χ3v) is 2.82. The van der Waals surface area contributed by atoms with Crippen molar-refractivity contribution in [2.75, 3.05) is 13.2 Å². The van der Waals surface area contributed by atoms with Crippen molar-refractivity contribution in [1.82, 2.24) is 5.32 Å². The van der Waals surface area contributed by atoms with Crippen LogP contribution in [0.5, 0.6) is 5.75 Å². The normalized spacial score (nSPS) is 19.2. The van der Waals surface area contributed by atoms with Crippen LogP contribution in [0.1, 0.15) is 37.8 Å². The molecule has 0 unspecified atom stereocenters. The smallest absolute Gasteiger partial charge is 0.119 e. The van der Waals surface area contributed by atoms with Crippen molar-refractivity contribution in [3.63, 3.8) is 0 Å². The van der Waals surface area contributed by atoms with E-state index in [9.17, 15) is 0 Å².